The van der Waals surface area contributed by atoms with Crippen molar-refractivity contribution in [1.29, 1.82) is 0 Å². The van der Waals surface area contributed by atoms with Crippen molar-refractivity contribution in [3.8, 4) is 5.75 Å². The van der Waals surface area contributed by atoms with Crippen LogP contribution in [0, 0.1) is 0 Å². The van der Waals surface area contributed by atoms with Crippen LogP contribution in [0.5, 0.6) is 5.75 Å². The standard InChI is InChI=1S/C23H26N2O4/c1-28-19-9-5-8-17(13-19)21(12-16-6-3-2-4-7-16)22(26)24-14-20-15-25(18-10-11-18)23(27)29-20/h2-9,13,18,20-21H,10-12,14-15H2,1H3,(H,24,26). The number of amides is 2. The predicted octanol–water partition coefficient (Wildman–Crippen LogP) is 3.12. The molecule has 6 nitrogen and oxygen atoms in total. The van der Waals surface area contributed by atoms with Gasteiger partial charge in [0, 0.05) is 6.04 Å². The second-order valence-electron chi connectivity index (χ2n) is 7.65. The number of methoxy groups -OCH3 is 1. The maximum atomic E-state index is 13.1. The lowest BCUT2D eigenvalue weighted by Crippen LogP contribution is -2.38. The average molecular weight is 394 g/mol. The Hall–Kier alpha value is -3.02. The van der Waals surface area contributed by atoms with Crippen molar-refractivity contribution in [3.05, 3.63) is 65.7 Å². The Morgan fingerprint density at radius 2 is 2.00 bits per heavy atom. The summed E-state index contributed by atoms with van der Waals surface area (Å²) in [6.45, 7) is 0.870. The second kappa shape index (κ2) is 8.55. The van der Waals surface area contributed by atoms with Crippen LogP contribution in [0.3, 0.4) is 0 Å². The van der Waals surface area contributed by atoms with Crippen molar-refractivity contribution in [1.82, 2.24) is 10.2 Å². The minimum absolute atomic E-state index is 0.0805. The fourth-order valence-corrected chi connectivity index (χ4v) is 3.74. The van der Waals surface area contributed by atoms with Crippen LogP contribution in [0.25, 0.3) is 0 Å². The maximum Gasteiger partial charge on any atom is 0.410 e. The van der Waals surface area contributed by atoms with E-state index < -0.39 is 0 Å². The molecule has 0 bridgehead atoms. The van der Waals surface area contributed by atoms with E-state index in [-0.39, 0.29) is 24.0 Å². The summed E-state index contributed by atoms with van der Waals surface area (Å²) in [5.41, 5.74) is 1.98. The van der Waals surface area contributed by atoms with Gasteiger partial charge in [-0.3, -0.25) is 4.79 Å². The highest BCUT2D eigenvalue weighted by molar-refractivity contribution is 5.84. The molecule has 1 saturated carbocycles. The third-order valence-electron chi connectivity index (χ3n) is 5.49. The third-order valence-corrected chi connectivity index (χ3v) is 5.49. The number of cyclic esters (lactones) is 1. The topological polar surface area (TPSA) is 67.9 Å². The van der Waals surface area contributed by atoms with Crippen LogP contribution >= 0.6 is 0 Å². The summed E-state index contributed by atoms with van der Waals surface area (Å²) in [5.74, 6) is 0.283. The molecule has 0 spiro atoms. The van der Waals surface area contributed by atoms with E-state index in [2.05, 4.69) is 5.32 Å². The largest absolute Gasteiger partial charge is 0.497 e. The number of benzene rings is 2. The molecule has 1 N–H and O–H groups in total. The number of hydrogen-bond acceptors (Lipinski definition) is 4. The van der Waals surface area contributed by atoms with E-state index in [1.807, 2.05) is 54.6 Å². The molecule has 0 radical (unpaired) electrons. The summed E-state index contributed by atoms with van der Waals surface area (Å²) in [6, 6.07) is 17.9. The van der Waals surface area contributed by atoms with Gasteiger partial charge in [0.25, 0.3) is 0 Å². The third kappa shape index (κ3) is 4.70. The fourth-order valence-electron chi connectivity index (χ4n) is 3.74. The predicted molar refractivity (Wildman–Crippen MR) is 109 cm³/mol. The molecule has 2 aromatic carbocycles. The molecule has 2 amide bonds. The van der Waals surface area contributed by atoms with E-state index in [1.165, 1.54) is 0 Å². The summed E-state index contributed by atoms with van der Waals surface area (Å²) in [7, 11) is 1.62. The number of rotatable bonds is 8. The van der Waals surface area contributed by atoms with Gasteiger partial charge >= 0.3 is 6.09 Å². The van der Waals surface area contributed by atoms with Crippen LogP contribution in [-0.4, -0.2) is 49.2 Å². The van der Waals surface area contributed by atoms with Crippen molar-refractivity contribution in [2.45, 2.75) is 37.3 Å². The molecule has 0 aromatic heterocycles. The Bertz CT molecular complexity index is 866. The molecule has 1 aliphatic carbocycles. The first-order valence-corrected chi connectivity index (χ1v) is 10.1. The fraction of sp³-hybridized carbons (Fsp3) is 0.391. The highest BCUT2D eigenvalue weighted by atomic mass is 16.6. The van der Waals surface area contributed by atoms with Crippen LogP contribution in [0.2, 0.25) is 0 Å². The van der Waals surface area contributed by atoms with Crippen LogP contribution < -0.4 is 10.1 Å². The number of carbonyl (C=O) groups excluding carboxylic acids is 2. The lowest BCUT2D eigenvalue weighted by molar-refractivity contribution is -0.122. The molecular formula is C23H26N2O4. The monoisotopic (exact) mass is 394 g/mol. The lowest BCUT2D eigenvalue weighted by Gasteiger charge is -2.19. The molecule has 2 fully saturated rings. The number of nitrogens with zero attached hydrogens (tertiary/aromatic N) is 1. The average Bonchev–Trinajstić information content (AvgIpc) is 3.53. The highest BCUT2D eigenvalue weighted by Gasteiger charge is 2.41. The van der Waals surface area contributed by atoms with Crippen LogP contribution in [0.15, 0.2) is 54.6 Å². The summed E-state index contributed by atoms with van der Waals surface area (Å²) >= 11 is 0. The normalized spacial score (nSPS) is 19.6. The Morgan fingerprint density at radius 1 is 1.21 bits per heavy atom. The van der Waals surface area contributed by atoms with E-state index in [1.54, 1.807) is 12.0 Å². The molecule has 1 aliphatic heterocycles. The van der Waals surface area contributed by atoms with Gasteiger partial charge in [0.15, 0.2) is 0 Å². The van der Waals surface area contributed by atoms with Gasteiger partial charge in [-0.25, -0.2) is 4.79 Å². The first kappa shape index (κ1) is 19.3. The number of carbonyl (C=O) groups is 2. The van der Waals surface area contributed by atoms with Gasteiger partial charge in [-0.1, -0.05) is 42.5 Å². The van der Waals surface area contributed by atoms with E-state index in [9.17, 15) is 9.59 Å². The van der Waals surface area contributed by atoms with Crippen molar-refractivity contribution in [2.24, 2.45) is 0 Å². The first-order chi connectivity index (χ1) is 14.1. The van der Waals surface area contributed by atoms with Gasteiger partial charge in [-0.05, 0) is 42.5 Å². The zero-order valence-electron chi connectivity index (χ0n) is 16.5. The SMILES string of the molecule is COc1cccc(C(Cc2ccccc2)C(=O)NCC2CN(C3CC3)C(=O)O2)c1. The molecule has 2 atom stereocenters. The molecule has 2 unspecified atom stereocenters. The number of ether oxygens (including phenoxy) is 2. The van der Waals surface area contributed by atoms with Gasteiger partial charge < -0.3 is 19.7 Å². The minimum Gasteiger partial charge on any atom is -0.497 e. The molecule has 4 rings (SSSR count). The molecule has 2 aromatic rings. The van der Waals surface area contributed by atoms with E-state index in [4.69, 9.17) is 9.47 Å². The van der Waals surface area contributed by atoms with E-state index in [0.29, 0.717) is 25.6 Å². The Morgan fingerprint density at radius 3 is 2.72 bits per heavy atom. The van der Waals surface area contributed by atoms with Gasteiger partial charge in [0.2, 0.25) is 5.91 Å². The van der Waals surface area contributed by atoms with E-state index in [0.717, 1.165) is 29.7 Å². The van der Waals surface area contributed by atoms with Gasteiger partial charge in [-0.15, -0.1) is 0 Å². The highest BCUT2D eigenvalue weighted by Crippen LogP contribution is 2.30. The maximum absolute atomic E-state index is 13.1. The Balaban J connectivity index is 1.44. The zero-order chi connectivity index (χ0) is 20.2. The first-order valence-electron chi connectivity index (χ1n) is 10.1. The summed E-state index contributed by atoms with van der Waals surface area (Å²) in [4.78, 5) is 26.8. The Labute approximate surface area is 170 Å². The molecule has 6 heteroatoms. The molecule has 1 saturated heterocycles. The van der Waals surface area contributed by atoms with Crippen LogP contribution in [0.4, 0.5) is 4.79 Å². The molecule has 152 valence electrons. The van der Waals surface area contributed by atoms with Crippen LogP contribution in [0.1, 0.15) is 29.9 Å². The van der Waals surface area contributed by atoms with Gasteiger partial charge in [0.05, 0.1) is 26.1 Å². The quantitative estimate of drug-likeness (QED) is 0.747. The number of nitrogens with one attached hydrogen (secondary N) is 1. The molecular weight excluding hydrogens is 368 g/mol. The smallest absolute Gasteiger partial charge is 0.410 e. The van der Waals surface area contributed by atoms with Crippen molar-refractivity contribution >= 4 is 12.0 Å². The Kier molecular flexibility index (Phi) is 5.69. The summed E-state index contributed by atoms with van der Waals surface area (Å²) in [5, 5.41) is 3.00. The van der Waals surface area contributed by atoms with Gasteiger partial charge in [0.1, 0.15) is 11.9 Å². The van der Waals surface area contributed by atoms with Gasteiger partial charge in [-0.2, -0.15) is 0 Å². The summed E-state index contributed by atoms with van der Waals surface area (Å²) < 4.78 is 10.8. The molecule has 29 heavy (non-hydrogen) atoms. The molecule has 2 aliphatic rings. The minimum atomic E-state index is -0.357. The van der Waals surface area contributed by atoms with E-state index >= 15 is 0 Å². The zero-order valence-corrected chi connectivity index (χ0v) is 16.5. The van der Waals surface area contributed by atoms with Crippen molar-refractivity contribution in [3.63, 3.8) is 0 Å². The number of hydrogen-bond donors (Lipinski definition) is 1. The molecule has 1 heterocycles. The second-order valence-corrected chi connectivity index (χ2v) is 7.65. The van der Waals surface area contributed by atoms with Crippen molar-refractivity contribution < 1.29 is 19.1 Å². The van der Waals surface area contributed by atoms with Crippen LogP contribution in [-0.2, 0) is 16.0 Å². The van der Waals surface area contributed by atoms with Crippen molar-refractivity contribution in [2.75, 3.05) is 20.2 Å². The lowest BCUT2D eigenvalue weighted by atomic mass is 9.91. The summed E-state index contributed by atoms with van der Waals surface area (Å²) in [6.07, 6.45) is 2.11.